The lowest BCUT2D eigenvalue weighted by molar-refractivity contribution is -0.139. The minimum Gasteiger partial charge on any atom is -0.480 e. The first-order valence-corrected chi connectivity index (χ1v) is 8.40. The van der Waals surface area contributed by atoms with E-state index in [2.05, 4.69) is 57.7 Å². The molecule has 0 amide bonds. The van der Waals surface area contributed by atoms with E-state index in [1.54, 1.807) is 0 Å². The Kier molecular flexibility index (Phi) is 4.84. The van der Waals surface area contributed by atoms with E-state index in [1.807, 2.05) is 0 Å². The molecular weight excluding hydrogens is 274 g/mol. The molecule has 3 nitrogen and oxygen atoms in total. The molecule has 3 heteroatoms. The smallest absolute Gasteiger partial charge is 0.326 e. The highest BCUT2D eigenvalue weighted by atomic mass is 16.4. The van der Waals surface area contributed by atoms with Crippen molar-refractivity contribution in [2.45, 2.75) is 77.8 Å². The monoisotopic (exact) mass is 303 g/mol. The molecule has 0 bridgehead atoms. The van der Waals surface area contributed by atoms with Gasteiger partial charge < -0.3 is 10.0 Å². The van der Waals surface area contributed by atoms with Crippen LogP contribution in [-0.4, -0.2) is 22.7 Å². The van der Waals surface area contributed by atoms with Crippen LogP contribution >= 0.6 is 0 Å². The largest absolute Gasteiger partial charge is 0.480 e. The minimum atomic E-state index is -0.706. The quantitative estimate of drug-likeness (QED) is 0.854. The fourth-order valence-electron chi connectivity index (χ4n) is 3.92. The van der Waals surface area contributed by atoms with Crippen LogP contribution in [0.25, 0.3) is 0 Å². The van der Waals surface area contributed by atoms with Crippen molar-refractivity contribution < 1.29 is 9.90 Å². The lowest BCUT2D eigenvalue weighted by Crippen LogP contribution is -2.56. The van der Waals surface area contributed by atoms with Gasteiger partial charge in [-0.1, -0.05) is 44.4 Å². The first-order valence-electron chi connectivity index (χ1n) is 8.40. The first-order chi connectivity index (χ1) is 10.3. The summed E-state index contributed by atoms with van der Waals surface area (Å²) in [7, 11) is 0. The number of rotatable bonds is 5. The maximum absolute atomic E-state index is 11.9. The van der Waals surface area contributed by atoms with Crippen LogP contribution < -0.4 is 4.90 Å². The van der Waals surface area contributed by atoms with Crippen LogP contribution in [0.2, 0.25) is 0 Å². The van der Waals surface area contributed by atoms with Gasteiger partial charge in [-0.3, -0.25) is 0 Å². The highest BCUT2D eigenvalue weighted by Gasteiger charge is 2.42. The second-order valence-electron chi connectivity index (χ2n) is 7.35. The summed E-state index contributed by atoms with van der Waals surface area (Å²) in [4.78, 5) is 14.1. The van der Waals surface area contributed by atoms with E-state index in [-0.39, 0.29) is 5.54 Å². The van der Waals surface area contributed by atoms with E-state index < -0.39 is 12.0 Å². The molecule has 1 N–H and O–H groups in total. The van der Waals surface area contributed by atoms with E-state index in [0.717, 1.165) is 24.9 Å². The summed E-state index contributed by atoms with van der Waals surface area (Å²) in [5.41, 5.74) is 3.50. The Hall–Kier alpha value is -1.51. The van der Waals surface area contributed by atoms with Crippen molar-refractivity contribution in [2.75, 3.05) is 4.90 Å². The molecule has 0 radical (unpaired) electrons. The van der Waals surface area contributed by atoms with Crippen molar-refractivity contribution in [2.24, 2.45) is 0 Å². The topological polar surface area (TPSA) is 40.5 Å². The number of carboxylic acid groups (broad SMARTS) is 1. The van der Waals surface area contributed by atoms with Gasteiger partial charge in [0.1, 0.15) is 6.04 Å². The van der Waals surface area contributed by atoms with E-state index in [0.29, 0.717) is 12.3 Å². The summed E-state index contributed by atoms with van der Waals surface area (Å²) in [6, 6.07) is 5.99. The molecule has 122 valence electrons. The molecule has 0 saturated carbocycles. The Balaban J connectivity index is 2.51. The second-order valence-corrected chi connectivity index (χ2v) is 7.35. The summed E-state index contributed by atoms with van der Waals surface area (Å²) in [5, 5.41) is 9.79. The summed E-state index contributed by atoms with van der Waals surface area (Å²) in [6.07, 6.45) is 3.66. The molecule has 0 aromatic heterocycles. The zero-order valence-electron chi connectivity index (χ0n) is 14.5. The van der Waals surface area contributed by atoms with Crippen LogP contribution in [0.15, 0.2) is 18.2 Å². The van der Waals surface area contributed by atoms with Crippen molar-refractivity contribution in [1.82, 2.24) is 0 Å². The molecule has 1 aliphatic rings. The zero-order chi connectivity index (χ0) is 16.5. The highest BCUT2D eigenvalue weighted by Crippen LogP contribution is 2.45. The van der Waals surface area contributed by atoms with Crippen LogP contribution in [0.4, 0.5) is 5.69 Å². The molecule has 1 aromatic rings. The molecule has 0 unspecified atom stereocenters. The average molecular weight is 303 g/mol. The number of nitrogens with zero attached hydrogens (tertiary/aromatic N) is 1. The molecule has 0 fully saturated rings. The fourth-order valence-corrected chi connectivity index (χ4v) is 3.92. The Labute approximate surface area is 134 Å². The van der Waals surface area contributed by atoms with Gasteiger partial charge in [-0.25, -0.2) is 4.79 Å². The van der Waals surface area contributed by atoms with Crippen LogP contribution in [0.1, 0.15) is 70.4 Å². The summed E-state index contributed by atoms with van der Waals surface area (Å²) >= 11 is 0. The van der Waals surface area contributed by atoms with Gasteiger partial charge in [-0.15, -0.1) is 0 Å². The first kappa shape index (κ1) is 16.9. The molecule has 0 saturated heterocycles. The molecule has 1 aromatic carbocycles. The van der Waals surface area contributed by atoms with Crippen molar-refractivity contribution in [3.8, 4) is 0 Å². The molecule has 0 aliphatic carbocycles. The maximum atomic E-state index is 11.9. The average Bonchev–Trinajstić information content (AvgIpc) is 2.41. The van der Waals surface area contributed by atoms with E-state index in [4.69, 9.17) is 0 Å². The predicted octanol–water partition coefficient (Wildman–Crippen LogP) is 4.73. The lowest BCUT2D eigenvalue weighted by atomic mass is 9.78. The minimum absolute atomic E-state index is 0.140. The molecule has 1 aliphatic heterocycles. The molecule has 2 atom stereocenters. The van der Waals surface area contributed by atoms with Crippen molar-refractivity contribution in [3.63, 3.8) is 0 Å². The Morgan fingerprint density at radius 1 is 1.45 bits per heavy atom. The number of carbonyl (C=O) groups is 1. The number of hydrogen-bond donors (Lipinski definition) is 1. The third-order valence-electron chi connectivity index (χ3n) is 4.86. The number of anilines is 1. The van der Waals surface area contributed by atoms with Crippen molar-refractivity contribution in [3.05, 3.63) is 29.3 Å². The van der Waals surface area contributed by atoms with Gasteiger partial charge in [0.2, 0.25) is 0 Å². The number of aliphatic carboxylic acids is 1. The second kappa shape index (κ2) is 6.31. The van der Waals surface area contributed by atoms with E-state index >= 15 is 0 Å². The number of aryl methyl sites for hydroxylation is 1. The summed E-state index contributed by atoms with van der Waals surface area (Å²) < 4.78 is 0. The van der Waals surface area contributed by atoms with Gasteiger partial charge in [0, 0.05) is 11.2 Å². The van der Waals surface area contributed by atoms with Gasteiger partial charge in [-0.05, 0) is 51.2 Å². The maximum Gasteiger partial charge on any atom is 0.326 e. The van der Waals surface area contributed by atoms with Gasteiger partial charge in [-0.2, -0.15) is 0 Å². The van der Waals surface area contributed by atoms with Crippen LogP contribution in [0.3, 0.4) is 0 Å². The normalized spacial score (nSPS) is 21.3. The van der Waals surface area contributed by atoms with Crippen molar-refractivity contribution in [1.29, 1.82) is 0 Å². The van der Waals surface area contributed by atoms with Crippen molar-refractivity contribution >= 4 is 11.7 Å². The summed E-state index contributed by atoms with van der Waals surface area (Å²) in [5.74, 6) is -0.246. The predicted molar refractivity (Wildman–Crippen MR) is 91.7 cm³/mol. The Morgan fingerprint density at radius 3 is 2.73 bits per heavy atom. The fraction of sp³-hybridized carbons (Fsp3) is 0.632. The van der Waals surface area contributed by atoms with Crippen LogP contribution in [0, 0.1) is 6.92 Å². The number of benzene rings is 1. The summed E-state index contributed by atoms with van der Waals surface area (Å²) in [6.45, 7) is 10.8. The SMILES string of the molecule is CCCC[C@H](C(=O)O)N1c2ccc(C)cc2[C@@H](C)CC1(C)C. The van der Waals surface area contributed by atoms with E-state index in [9.17, 15) is 9.90 Å². The number of hydrogen-bond acceptors (Lipinski definition) is 2. The number of unbranched alkanes of at least 4 members (excludes halogenated alkanes) is 1. The zero-order valence-corrected chi connectivity index (χ0v) is 14.5. The van der Waals surface area contributed by atoms with E-state index in [1.165, 1.54) is 11.1 Å². The Bertz CT molecular complexity index is 550. The van der Waals surface area contributed by atoms with Gasteiger partial charge in [0.25, 0.3) is 0 Å². The van der Waals surface area contributed by atoms with Gasteiger partial charge in [0.05, 0.1) is 0 Å². The third-order valence-corrected chi connectivity index (χ3v) is 4.86. The standard InChI is InChI=1S/C19H29NO2/c1-6-7-8-17(18(21)22)20-16-10-9-13(2)11-15(16)14(3)12-19(20,4)5/h9-11,14,17H,6-8,12H2,1-5H3,(H,21,22)/t14-,17+/m0/s1. The molecule has 2 rings (SSSR count). The molecule has 22 heavy (non-hydrogen) atoms. The molecular formula is C19H29NO2. The van der Waals surface area contributed by atoms with Gasteiger partial charge in [0.15, 0.2) is 0 Å². The Morgan fingerprint density at radius 2 is 2.14 bits per heavy atom. The highest BCUT2D eigenvalue weighted by molar-refractivity contribution is 5.80. The molecule has 0 spiro atoms. The molecule has 1 heterocycles. The van der Waals surface area contributed by atoms with Gasteiger partial charge >= 0.3 is 5.97 Å². The van der Waals surface area contributed by atoms with Crippen LogP contribution in [-0.2, 0) is 4.79 Å². The third kappa shape index (κ3) is 3.13. The number of fused-ring (bicyclic) bond motifs is 1. The van der Waals surface area contributed by atoms with Crippen LogP contribution in [0.5, 0.6) is 0 Å². The number of carboxylic acids is 1. The lowest BCUT2D eigenvalue weighted by Gasteiger charge is -2.50.